The largest absolute Gasteiger partial charge is 2.00 e. The fourth-order valence-electron chi connectivity index (χ4n) is 7.40. The van der Waals surface area contributed by atoms with Crippen LogP contribution in [-0.4, -0.2) is 268 Å². The van der Waals surface area contributed by atoms with Gasteiger partial charge in [0, 0.05) is 71.3 Å². The number of para-hydroxylation sites is 5. The molecule has 0 saturated carbocycles. The summed E-state index contributed by atoms with van der Waals surface area (Å²) in [6.07, 6.45) is 6.81. The van der Waals surface area contributed by atoms with Gasteiger partial charge in [0.1, 0.15) is 18.1 Å². The molecule has 0 aliphatic carbocycles. The first-order valence-electron chi connectivity index (χ1n) is 27.8. The van der Waals surface area contributed by atoms with E-state index in [1.165, 1.54) is 40.5 Å². The molecule has 3 aromatic carbocycles. The molecule has 478 valence electrons. The summed E-state index contributed by atoms with van der Waals surface area (Å²) in [6.45, 7) is 16.7. The van der Waals surface area contributed by atoms with E-state index in [-0.39, 0.29) is 190 Å². The molecule has 3 aromatic rings. The van der Waals surface area contributed by atoms with Gasteiger partial charge < -0.3 is 129 Å². The Balaban J connectivity index is -0.000000348. The van der Waals surface area contributed by atoms with Crippen LogP contribution in [0.15, 0.2) is 86.0 Å². The number of nitrogens with zero attached hydrogens (tertiary/aromatic N) is 2. The molecule has 5 N–H and O–H groups in total. The maximum absolute atomic E-state index is 11.5. The summed E-state index contributed by atoms with van der Waals surface area (Å²) >= 11 is 0. The molecule has 2 fully saturated rings. The van der Waals surface area contributed by atoms with Crippen LogP contribution in [0, 0.1) is 0 Å². The van der Waals surface area contributed by atoms with Crippen molar-refractivity contribution in [1.29, 1.82) is 0 Å². The number of aliphatic carboxylic acids is 4. The molecule has 0 amide bonds. The van der Waals surface area contributed by atoms with Crippen molar-refractivity contribution in [3.63, 3.8) is 0 Å². The number of carbonyl (C=O) groups is 4. The molecule has 0 spiro atoms. The normalized spacial score (nSPS) is 15.0. The van der Waals surface area contributed by atoms with E-state index < -0.39 is 69.4 Å². The van der Waals surface area contributed by atoms with Crippen molar-refractivity contribution in [3.05, 3.63) is 91.5 Å². The van der Waals surface area contributed by atoms with Gasteiger partial charge in [-0.15, -0.1) is 33.0 Å². The van der Waals surface area contributed by atoms with Crippen LogP contribution in [0.4, 0.5) is 11.4 Å². The number of carboxylic acid groups (broad SMARTS) is 4. The van der Waals surface area contributed by atoms with Crippen LogP contribution >= 0.6 is 0 Å². The first-order valence-corrected chi connectivity index (χ1v) is 27.8. The maximum atomic E-state index is 11.5. The third kappa shape index (κ3) is 51.1. The molecule has 2 saturated heterocycles. The van der Waals surface area contributed by atoms with E-state index in [1.54, 1.807) is 48.5 Å². The number of hydrogen-bond donors (Lipinski definition) is 3. The predicted octanol–water partition coefficient (Wildman–Crippen LogP) is -11.3. The number of nitrogens with one attached hydrogen (secondary N) is 3. The second-order valence-corrected chi connectivity index (χ2v) is 17.5. The number of benzene rings is 3. The Morgan fingerprint density at radius 1 is 0.511 bits per heavy atom. The summed E-state index contributed by atoms with van der Waals surface area (Å²) in [6, 6.07) is 17.7. The fourth-order valence-corrected chi connectivity index (χ4v) is 7.40. The molecule has 30 heteroatoms. The molecule has 2 heterocycles. The number of carbonyl (C=O) groups excluding carboxylic acids is 4. The number of ether oxygens (including phenoxy) is 9. The molecule has 88 heavy (non-hydrogen) atoms. The second-order valence-electron chi connectivity index (χ2n) is 17.5. The topological polar surface area (TPSA) is 387 Å². The van der Waals surface area contributed by atoms with Gasteiger partial charge in [-0.05, 0) is 75.4 Å². The van der Waals surface area contributed by atoms with Crippen LogP contribution in [0.2, 0.25) is 0 Å². The summed E-state index contributed by atoms with van der Waals surface area (Å²) < 4.78 is 49.0. The Morgan fingerprint density at radius 2 is 0.864 bits per heavy atom. The zero-order chi connectivity index (χ0) is 60.8. The van der Waals surface area contributed by atoms with E-state index in [4.69, 9.17) is 42.6 Å². The molecule has 26 nitrogen and oxygen atoms in total. The Labute approximate surface area is 629 Å². The quantitative estimate of drug-likeness (QED) is 0.0698. The molecular weight excluding hydrogens is 1230 g/mol. The minimum absolute atomic E-state index is 0. The van der Waals surface area contributed by atoms with Gasteiger partial charge >= 0.3 is 142 Å². The molecule has 2 aliphatic rings. The Kier molecular flexibility index (Phi) is 74.1. The third-order valence-corrected chi connectivity index (χ3v) is 11.2. The summed E-state index contributed by atoms with van der Waals surface area (Å²) in [7, 11) is 0. The smallest absolute Gasteiger partial charge is 0.854 e. The fraction of sp³-hybridized carbons (Fsp3) is 0.586. The molecule has 0 bridgehead atoms. The molecule has 0 aromatic heterocycles. The SMILES string of the molecule is C1CCOCCNCCOCCOCC1.C1CCOCCOCCNCCOCCOCC1.C=C.O.O=C([O-])CN(CC[O-])c1ccccc1Oc1ccccc1C(NCC[O-])C(=O)[O-].O=C([O-])COc1ccccc1N(CC[O-])CC(=O)[O-].[Ca+2].[K+].[Mg+2].[Na+]. The van der Waals surface area contributed by atoms with Crippen LogP contribution < -0.4 is 152 Å². The molecule has 1 atom stereocenters. The summed E-state index contributed by atoms with van der Waals surface area (Å²) in [4.78, 5) is 46.1. The van der Waals surface area contributed by atoms with Crippen molar-refractivity contribution in [2.45, 2.75) is 44.6 Å². The Bertz CT molecular complexity index is 2000. The van der Waals surface area contributed by atoms with Crippen LogP contribution in [0.25, 0.3) is 0 Å². The summed E-state index contributed by atoms with van der Waals surface area (Å²) in [5, 5.41) is 85.2. The van der Waals surface area contributed by atoms with Crippen LogP contribution in [-0.2, 0) is 52.3 Å². The van der Waals surface area contributed by atoms with Gasteiger partial charge in [0.15, 0.2) is 5.75 Å². The van der Waals surface area contributed by atoms with E-state index in [0.29, 0.717) is 44.4 Å². The van der Waals surface area contributed by atoms with Crippen molar-refractivity contribution in [2.24, 2.45) is 0 Å². The van der Waals surface area contributed by atoms with Gasteiger partial charge in [0.05, 0.1) is 120 Å². The monoisotopic (exact) mass is 1320 g/mol. The van der Waals surface area contributed by atoms with Crippen LogP contribution in [0.5, 0.6) is 17.2 Å². The van der Waals surface area contributed by atoms with Crippen molar-refractivity contribution in [1.82, 2.24) is 16.0 Å². The number of carboxylic acids is 4. The summed E-state index contributed by atoms with van der Waals surface area (Å²) in [5.74, 6) is -4.94. The number of anilines is 2. The average Bonchev–Trinajstić information content (AvgIpc) is 3.69. The predicted molar refractivity (Wildman–Crippen MR) is 310 cm³/mol. The second kappa shape index (κ2) is 68.4. The Morgan fingerprint density at radius 3 is 1.24 bits per heavy atom. The molecule has 0 radical (unpaired) electrons. The minimum atomic E-state index is -1.42. The van der Waals surface area contributed by atoms with E-state index >= 15 is 0 Å². The van der Waals surface area contributed by atoms with Crippen molar-refractivity contribution in [2.75, 3.05) is 188 Å². The van der Waals surface area contributed by atoms with Gasteiger partial charge in [-0.3, -0.25) is 0 Å². The molecule has 1 unspecified atom stereocenters. The van der Waals surface area contributed by atoms with Gasteiger partial charge in [-0.1, -0.05) is 42.5 Å². The zero-order valence-electron chi connectivity index (χ0n) is 51.7. The van der Waals surface area contributed by atoms with Gasteiger partial charge in [-0.2, -0.15) is 0 Å². The van der Waals surface area contributed by atoms with E-state index in [2.05, 4.69) is 29.1 Å². The van der Waals surface area contributed by atoms with Crippen LogP contribution in [0.1, 0.15) is 50.1 Å². The van der Waals surface area contributed by atoms with Gasteiger partial charge in [0.2, 0.25) is 0 Å². The number of rotatable bonds is 20. The standard InChI is InChI=1S/C20H22N2O7.C13H27NO4.C12H14NO6.C11H23NO3.C2H4.Ca.K.Mg.Na.H2O/c23-11-9-21-19(20(27)28)14-5-1-3-7-16(14)29-17-8-4-2-6-15(17)22(10-12-24)13-18(25)26;1-2-6-15-10-12-17-8-4-14-5-9-18-13-11-16-7-3-1;14-6-5-13(7-11(15)16)9-3-1-2-4-10(9)19-8-12(17)18;1-2-6-13-8-4-12-5-9-15-11-10-14-7-3-1;1-2;;;;;/h1-8,19,21H,9-13H2,(H,25,26)(H,27,28);14H,1-13H2;1-4H,5-8H2,(H,15,16)(H,17,18);12H,1-11H2;1-2H2;;;;;1H2/q-2;;-1;;;+2;+1;+2;+1;/p-4. The molecule has 2 aliphatic heterocycles. The first-order chi connectivity index (χ1) is 40.5. The maximum Gasteiger partial charge on any atom is 2.00 e. The van der Waals surface area contributed by atoms with E-state index in [0.717, 1.165) is 118 Å². The van der Waals surface area contributed by atoms with E-state index in [9.17, 15) is 54.9 Å². The van der Waals surface area contributed by atoms with Crippen molar-refractivity contribution >= 4 is 96.0 Å². The van der Waals surface area contributed by atoms with Gasteiger partial charge in [0.25, 0.3) is 0 Å². The third-order valence-electron chi connectivity index (χ3n) is 11.2. The van der Waals surface area contributed by atoms with Crippen molar-refractivity contribution < 1.29 is 184 Å². The molecule has 5 rings (SSSR count). The summed E-state index contributed by atoms with van der Waals surface area (Å²) in [5.41, 5.74) is 0.912. The number of hydrogen-bond acceptors (Lipinski definition) is 25. The molecular formula is C58H88CaKMgN5NaO21-. The van der Waals surface area contributed by atoms with Crippen LogP contribution in [0.3, 0.4) is 0 Å². The van der Waals surface area contributed by atoms with E-state index in [1.807, 2.05) is 0 Å². The van der Waals surface area contributed by atoms with Gasteiger partial charge in [-0.25, -0.2) is 0 Å². The Hall–Kier alpha value is -1.42. The minimum Gasteiger partial charge on any atom is -0.854 e. The zero-order valence-corrected chi connectivity index (χ0v) is 60.5. The average molecular weight is 1320 g/mol. The first kappa shape index (κ1) is 95.3. The van der Waals surface area contributed by atoms with Crippen molar-refractivity contribution in [3.8, 4) is 17.2 Å².